The summed E-state index contributed by atoms with van der Waals surface area (Å²) in [6.45, 7) is 6.05. The first kappa shape index (κ1) is 22.1. The number of esters is 1. The van der Waals surface area contributed by atoms with Crippen LogP contribution in [0.15, 0.2) is 23.1 Å². The summed E-state index contributed by atoms with van der Waals surface area (Å²) in [6.07, 6.45) is 9.13. The van der Waals surface area contributed by atoms with Gasteiger partial charge in [-0.15, -0.1) is 0 Å². The molecule has 4 fully saturated rings. The lowest BCUT2D eigenvalue weighted by Crippen LogP contribution is -2.56. The van der Waals surface area contributed by atoms with Gasteiger partial charge in [-0.1, -0.05) is 0 Å². The van der Waals surface area contributed by atoms with E-state index in [0.717, 1.165) is 23.4 Å². The second kappa shape index (κ2) is 8.26. The number of rotatable bonds is 6. The number of hydrogen-bond acceptors (Lipinski definition) is 5. The van der Waals surface area contributed by atoms with E-state index >= 15 is 0 Å². The molecule has 0 aliphatic heterocycles. The van der Waals surface area contributed by atoms with E-state index in [1.807, 2.05) is 13.8 Å². The average Bonchev–Trinajstić information content (AvgIpc) is 2.76. The molecule has 1 unspecified atom stereocenters. The van der Waals surface area contributed by atoms with Crippen LogP contribution in [0.4, 0.5) is 0 Å². The fourth-order valence-corrected chi connectivity index (χ4v) is 7.10. The number of amides is 1. The average molecular weight is 452 g/mol. The summed E-state index contributed by atoms with van der Waals surface area (Å²) in [5, 5.41) is 3.48. The van der Waals surface area contributed by atoms with Gasteiger partial charge in [-0.05, 0) is 94.6 Å². The van der Waals surface area contributed by atoms with Gasteiger partial charge in [-0.25, -0.2) is 9.78 Å². The predicted molar refractivity (Wildman–Crippen MR) is 125 cm³/mol. The zero-order chi connectivity index (χ0) is 23.3. The zero-order valence-corrected chi connectivity index (χ0v) is 19.7. The van der Waals surface area contributed by atoms with Crippen molar-refractivity contribution in [2.75, 3.05) is 6.61 Å². The summed E-state index contributed by atoms with van der Waals surface area (Å²) < 4.78 is 7.04. The molecule has 1 N–H and O–H groups in total. The Balaban J connectivity index is 1.25. The molecule has 7 heteroatoms. The van der Waals surface area contributed by atoms with Crippen LogP contribution in [0.1, 0.15) is 68.4 Å². The number of hydrogen-bond donors (Lipinski definition) is 1. The van der Waals surface area contributed by atoms with Gasteiger partial charge < -0.3 is 14.6 Å². The van der Waals surface area contributed by atoms with Crippen LogP contribution in [0.2, 0.25) is 0 Å². The van der Waals surface area contributed by atoms with E-state index in [0.29, 0.717) is 17.6 Å². The molecule has 4 aliphatic carbocycles. The molecule has 6 rings (SSSR count). The number of fused-ring (bicyclic) bond motifs is 1. The third kappa shape index (κ3) is 3.96. The van der Waals surface area contributed by atoms with Crippen molar-refractivity contribution in [3.05, 3.63) is 39.8 Å². The van der Waals surface area contributed by atoms with E-state index in [9.17, 15) is 14.4 Å². The lowest BCUT2D eigenvalue weighted by atomic mass is 9.48. The minimum absolute atomic E-state index is 0.0596. The lowest BCUT2D eigenvalue weighted by molar-refractivity contribution is -0.128. The van der Waals surface area contributed by atoms with Gasteiger partial charge in [0.2, 0.25) is 5.43 Å². The summed E-state index contributed by atoms with van der Waals surface area (Å²) in [5.74, 6) is 1.34. The van der Waals surface area contributed by atoms with Crippen LogP contribution in [0, 0.1) is 30.1 Å². The van der Waals surface area contributed by atoms with Crippen molar-refractivity contribution in [2.45, 2.75) is 71.9 Å². The number of nitrogens with one attached hydrogen (secondary N) is 1. The molecule has 1 amide bonds. The molecule has 2 heterocycles. The third-order valence-electron chi connectivity index (χ3n) is 8.34. The first-order valence-electron chi connectivity index (χ1n) is 12.3. The van der Waals surface area contributed by atoms with Crippen molar-refractivity contribution in [1.82, 2.24) is 14.9 Å². The number of carbonyl (C=O) groups excluding carboxylic acids is 2. The monoisotopic (exact) mass is 451 g/mol. The standard InChI is InChI=1S/C26H33N3O4/c1-4-29-13-21(23(31)20-6-5-15(2)27-24(20)29)25(32)33-14-22(30)28-16(3)26-10-17-7-18(11-26)9-19(8-17)12-26/h5-6,13,16-19H,4,7-12,14H2,1-3H3,(H,28,30). The molecule has 0 aromatic carbocycles. The lowest BCUT2D eigenvalue weighted by Gasteiger charge is -2.59. The van der Waals surface area contributed by atoms with Crippen LogP contribution in [0.25, 0.3) is 11.0 Å². The van der Waals surface area contributed by atoms with Crippen molar-refractivity contribution in [3.8, 4) is 0 Å². The summed E-state index contributed by atoms with van der Waals surface area (Å²) in [7, 11) is 0. The number of aromatic nitrogens is 2. The molecule has 176 valence electrons. The molecule has 1 atom stereocenters. The SMILES string of the molecule is CCn1cc(C(=O)OCC(=O)NC(C)C23CC4CC(CC(C4)C2)C3)c(=O)c2ccc(C)nc21. The number of carbonyl (C=O) groups is 2. The van der Waals surface area contributed by atoms with Crippen molar-refractivity contribution in [3.63, 3.8) is 0 Å². The van der Waals surface area contributed by atoms with Gasteiger partial charge in [-0.3, -0.25) is 9.59 Å². The second-order valence-corrected chi connectivity index (χ2v) is 10.6. The number of pyridine rings is 2. The predicted octanol–water partition coefficient (Wildman–Crippen LogP) is 3.60. The van der Waals surface area contributed by atoms with Crippen LogP contribution in [-0.2, 0) is 16.1 Å². The Morgan fingerprint density at radius 2 is 1.82 bits per heavy atom. The molecule has 0 radical (unpaired) electrons. The molecule has 2 aromatic heterocycles. The Morgan fingerprint density at radius 3 is 2.42 bits per heavy atom. The Labute approximate surface area is 193 Å². The van der Waals surface area contributed by atoms with Crippen LogP contribution in [-0.4, -0.2) is 34.1 Å². The molecular weight excluding hydrogens is 418 g/mol. The Hall–Kier alpha value is -2.70. The van der Waals surface area contributed by atoms with Crippen molar-refractivity contribution < 1.29 is 14.3 Å². The minimum atomic E-state index is -0.776. The maximum atomic E-state index is 12.9. The highest BCUT2D eigenvalue weighted by atomic mass is 16.5. The van der Waals surface area contributed by atoms with Crippen molar-refractivity contribution >= 4 is 22.9 Å². The second-order valence-electron chi connectivity index (χ2n) is 10.6. The molecule has 0 spiro atoms. The summed E-state index contributed by atoms with van der Waals surface area (Å²) >= 11 is 0. The van der Waals surface area contributed by atoms with E-state index in [1.165, 1.54) is 44.7 Å². The Kier molecular flexibility index (Phi) is 5.53. The molecule has 4 aliphatic rings. The largest absolute Gasteiger partial charge is 0.452 e. The van der Waals surface area contributed by atoms with Crippen molar-refractivity contribution in [2.24, 2.45) is 23.2 Å². The van der Waals surface area contributed by atoms with Gasteiger partial charge in [-0.2, -0.15) is 0 Å². The van der Waals surface area contributed by atoms with Gasteiger partial charge in [0.1, 0.15) is 11.2 Å². The molecule has 0 saturated heterocycles. The van der Waals surface area contributed by atoms with Crippen LogP contribution in [0.5, 0.6) is 0 Å². The van der Waals surface area contributed by atoms with Gasteiger partial charge >= 0.3 is 5.97 Å². The molecule has 33 heavy (non-hydrogen) atoms. The highest BCUT2D eigenvalue weighted by molar-refractivity contribution is 5.94. The fourth-order valence-electron chi connectivity index (χ4n) is 7.10. The van der Waals surface area contributed by atoms with Crippen molar-refractivity contribution in [1.29, 1.82) is 0 Å². The van der Waals surface area contributed by atoms with Crippen LogP contribution < -0.4 is 10.7 Å². The van der Waals surface area contributed by atoms with Gasteiger partial charge in [0.25, 0.3) is 5.91 Å². The normalized spacial score (nSPS) is 28.6. The number of ether oxygens (including phenoxy) is 1. The highest BCUT2D eigenvalue weighted by Gasteiger charge is 2.53. The number of nitrogens with zero attached hydrogens (tertiary/aromatic N) is 2. The molecule has 7 nitrogen and oxygen atoms in total. The summed E-state index contributed by atoms with van der Waals surface area (Å²) in [4.78, 5) is 42.7. The maximum absolute atomic E-state index is 12.9. The first-order valence-corrected chi connectivity index (χ1v) is 12.3. The minimum Gasteiger partial charge on any atom is -0.452 e. The van der Waals surface area contributed by atoms with E-state index in [2.05, 4.69) is 17.2 Å². The van der Waals surface area contributed by atoms with Gasteiger partial charge in [0.05, 0.1) is 5.39 Å². The number of aryl methyl sites for hydroxylation is 2. The topological polar surface area (TPSA) is 90.3 Å². The van der Waals surface area contributed by atoms with Gasteiger partial charge in [0, 0.05) is 24.5 Å². The smallest absolute Gasteiger partial charge is 0.344 e. The quantitative estimate of drug-likeness (QED) is 0.678. The Bertz CT molecular complexity index is 1130. The van der Waals surface area contributed by atoms with E-state index in [-0.39, 0.29) is 29.5 Å². The third-order valence-corrected chi connectivity index (χ3v) is 8.34. The zero-order valence-electron chi connectivity index (χ0n) is 19.7. The fraction of sp³-hybridized carbons (Fsp3) is 0.615. The molecular formula is C26H33N3O4. The Morgan fingerprint density at radius 1 is 1.18 bits per heavy atom. The highest BCUT2D eigenvalue weighted by Crippen LogP contribution is 2.61. The first-order chi connectivity index (χ1) is 15.8. The van der Waals surface area contributed by atoms with E-state index < -0.39 is 11.4 Å². The van der Waals surface area contributed by atoms with E-state index in [4.69, 9.17) is 4.74 Å². The molecule has 4 saturated carbocycles. The van der Waals surface area contributed by atoms with E-state index in [1.54, 1.807) is 16.7 Å². The summed E-state index contributed by atoms with van der Waals surface area (Å²) in [5.41, 5.74) is 1.03. The molecule has 4 bridgehead atoms. The van der Waals surface area contributed by atoms with Gasteiger partial charge in [0.15, 0.2) is 6.61 Å². The molecule has 2 aromatic rings. The maximum Gasteiger partial charge on any atom is 0.344 e. The van der Waals surface area contributed by atoms with Crippen LogP contribution in [0.3, 0.4) is 0 Å². The summed E-state index contributed by atoms with van der Waals surface area (Å²) in [6, 6.07) is 3.49. The van der Waals surface area contributed by atoms with Crippen LogP contribution >= 0.6 is 0 Å².